The van der Waals surface area contributed by atoms with Crippen LogP contribution in [0.2, 0.25) is 5.32 Å². The van der Waals surface area contributed by atoms with Crippen molar-refractivity contribution in [3.8, 4) is 0 Å². The second-order valence-corrected chi connectivity index (χ2v) is 3.89. The van der Waals surface area contributed by atoms with E-state index in [-0.39, 0.29) is 18.2 Å². The van der Waals surface area contributed by atoms with Crippen LogP contribution in [0.25, 0.3) is 0 Å². The van der Waals surface area contributed by atoms with Gasteiger partial charge in [0.1, 0.15) is 0 Å². The molecule has 0 aliphatic rings. The summed E-state index contributed by atoms with van der Waals surface area (Å²) in [6, 6.07) is -2.07. The van der Waals surface area contributed by atoms with Crippen molar-refractivity contribution in [3.05, 3.63) is 0 Å². The summed E-state index contributed by atoms with van der Waals surface area (Å²) >= 11 is 2.06. The molecule has 7 nitrogen and oxygen atoms in total. The minimum atomic E-state index is -1.19. The summed E-state index contributed by atoms with van der Waals surface area (Å²) in [5, 5.41) is 19.6. The first-order chi connectivity index (χ1) is 7.38. The Labute approximate surface area is 100 Å². The molecule has 2 atom stereocenters. The van der Waals surface area contributed by atoms with Gasteiger partial charge >= 0.3 is 99.8 Å². The fourth-order valence-corrected chi connectivity index (χ4v) is 1.38. The van der Waals surface area contributed by atoms with Crippen molar-refractivity contribution >= 4 is 33.9 Å². The molecule has 0 rings (SSSR count). The molecule has 0 aromatic carbocycles. The van der Waals surface area contributed by atoms with Crippen LogP contribution in [0, 0.1) is 0 Å². The third-order valence-electron chi connectivity index (χ3n) is 1.82. The molecule has 0 saturated carbocycles. The predicted molar refractivity (Wildman–Crippen MR) is 56.4 cm³/mol. The van der Waals surface area contributed by atoms with E-state index in [2.05, 4.69) is 21.3 Å². The summed E-state index contributed by atoms with van der Waals surface area (Å²) in [6.45, 7) is 0. The van der Waals surface area contributed by atoms with Crippen LogP contribution in [-0.2, 0) is 14.4 Å². The molecule has 0 heterocycles. The summed E-state index contributed by atoms with van der Waals surface area (Å²) in [6.07, 6.45) is -0.129. The molecule has 2 unspecified atom stereocenters. The fraction of sp³-hybridized carbons (Fsp3) is 0.625. The van der Waals surface area contributed by atoms with Crippen LogP contribution in [0.3, 0.4) is 0 Å². The molecule has 0 bridgehead atoms. The average molecular weight is 297 g/mol. The molecule has 16 heavy (non-hydrogen) atoms. The molecule has 0 saturated heterocycles. The third kappa shape index (κ3) is 5.69. The first-order valence-electron chi connectivity index (χ1n) is 4.50. The summed E-state index contributed by atoms with van der Waals surface area (Å²) in [5.41, 5.74) is 5.19. The van der Waals surface area contributed by atoms with Gasteiger partial charge in [-0.05, 0) is 0 Å². The molecule has 0 fully saturated rings. The Balaban J connectivity index is 3.99. The molecule has 0 aromatic rings. The minimum absolute atomic E-state index is 0.0217. The average Bonchev–Trinajstić information content (AvgIpc) is 2.21. The second kappa shape index (κ2) is 7.21. The SMILES string of the molecule is NC(CCC(=O)NC(C[SeH])C(=O)O)C(=O)O. The van der Waals surface area contributed by atoms with Gasteiger partial charge in [-0.1, -0.05) is 0 Å². The summed E-state index contributed by atoms with van der Waals surface area (Å²) in [4.78, 5) is 32.1. The van der Waals surface area contributed by atoms with Crippen LogP contribution >= 0.6 is 0 Å². The second-order valence-electron chi connectivity index (χ2n) is 3.12. The van der Waals surface area contributed by atoms with E-state index < -0.39 is 29.9 Å². The van der Waals surface area contributed by atoms with E-state index in [9.17, 15) is 14.4 Å². The Morgan fingerprint density at radius 1 is 1.25 bits per heavy atom. The van der Waals surface area contributed by atoms with Gasteiger partial charge in [0.05, 0.1) is 0 Å². The Bertz CT molecular complexity index is 284. The summed E-state index contributed by atoms with van der Waals surface area (Å²) < 4.78 is 0. The quantitative estimate of drug-likeness (QED) is 0.405. The number of carbonyl (C=O) groups is 3. The van der Waals surface area contributed by atoms with Crippen molar-refractivity contribution in [2.24, 2.45) is 5.73 Å². The number of aliphatic carboxylic acids is 2. The molecule has 8 heteroatoms. The zero-order valence-corrected chi connectivity index (χ0v) is 10.3. The topological polar surface area (TPSA) is 130 Å². The van der Waals surface area contributed by atoms with Crippen molar-refractivity contribution in [2.45, 2.75) is 30.2 Å². The van der Waals surface area contributed by atoms with Crippen LogP contribution in [0.4, 0.5) is 0 Å². The van der Waals surface area contributed by atoms with Gasteiger partial charge in [-0.3, -0.25) is 0 Å². The normalized spacial score (nSPS) is 13.9. The number of amides is 1. The van der Waals surface area contributed by atoms with E-state index in [1.165, 1.54) is 0 Å². The van der Waals surface area contributed by atoms with Crippen LogP contribution in [-0.4, -0.2) is 56.2 Å². The van der Waals surface area contributed by atoms with Crippen molar-refractivity contribution in [2.75, 3.05) is 0 Å². The van der Waals surface area contributed by atoms with E-state index in [1.807, 2.05) is 0 Å². The maximum absolute atomic E-state index is 11.2. The first kappa shape index (κ1) is 14.9. The van der Waals surface area contributed by atoms with E-state index in [4.69, 9.17) is 15.9 Å². The predicted octanol–water partition coefficient (Wildman–Crippen LogP) is -1.93. The van der Waals surface area contributed by atoms with E-state index in [1.54, 1.807) is 0 Å². The van der Waals surface area contributed by atoms with Crippen molar-refractivity contribution in [1.29, 1.82) is 0 Å². The van der Waals surface area contributed by atoms with Gasteiger partial charge in [-0.2, -0.15) is 0 Å². The monoisotopic (exact) mass is 298 g/mol. The van der Waals surface area contributed by atoms with Gasteiger partial charge in [0.15, 0.2) is 0 Å². The zero-order chi connectivity index (χ0) is 12.7. The van der Waals surface area contributed by atoms with Gasteiger partial charge in [0.2, 0.25) is 0 Å². The van der Waals surface area contributed by atoms with Gasteiger partial charge < -0.3 is 0 Å². The third-order valence-corrected chi connectivity index (χ3v) is 2.58. The molecule has 0 aromatic heterocycles. The first-order valence-corrected chi connectivity index (χ1v) is 5.82. The molecular formula is C8H14N2O5Se. The zero-order valence-electron chi connectivity index (χ0n) is 8.42. The maximum atomic E-state index is 11.2. The van der Waals surface area contributed by atoms with Crippen molar-refractivity contribution in [1.82, 2.24) is 5.32 Å². The van der Waals surface area contributed by atoms with Crippen molar-refractivity contribution < 1.29 is 24.6 Å². The number of hydrogen-bond acceptors (Lipinski definition) is 4. The van der Waals surface area contributed by atoms with Crippen LogP contribution < -0.4 is 11.1 Å². The Morgan fingerprint density at radius 3 is 2.19 bits per heavy atom. The van der Waals surface area contributed by atoms with Gasteiger partial charge in [-0.15, -0.1) is 0 Å². The van der Waals surface area contributed by atoms with Gasteiger partial charge in [0, 0.05) is 0 Å². The molecule has 0 spiro atoms. The summed E-state index contributed by atoms with van der Waals surface area (Å²) in [7, 11) is 0. The number of nitrogens with two attached hydrogens (primary N) is 1. The Morgan fingerprint density at radius 2 is 1.81 bits per heavy atom. The number of carboxylic acids is 2. The molecule has 5 N–H and O–H groups in total. The van der Waals surface area contributed by atoms with E-state index in [0.717, 1.165) is 0 Å². The summed E-state index contributed by atoms with van der Waals surface area (Å²) in [5.74, 6) is -2.83. The number of hydrogen-bond donors (Lipinski definition) is 4. The van der Waals surface area contributed by atoms with Crippen LogP contribution in [0.5, 0.6) is 0 Å². The number of carboxylic acid groups (broad SMARTS) is 2. The fourth-order valence-electron chi connectivity index (χ4n) is 0.862. The number of rotatable bonds is 7. The standard InChI is InChI=1S/C8H14N2O5Se/c9-4(7(12)13)1-2-6(11)10-5(3-16)8(14)15/h4-5,16H,1-3,9H2,(H,10,11)(H,12,13)(H,14,15). The molecular weight excluding hydrogens is 283 g/mol. The number of nitrogens with one attached hydrogen (secondary N) is 1. The number of carbonyl (C=O) groups excluding carboxylic acids is 1. The molecule has 0 aliphatic heterocycles. The van der Waals surface area contributed by atoms with E-state index in [0.29, 0.717) is 0 Å². The van der Waals surface area contributed by atoms with Crippen LogP contribution in [0.15, 0.2) is 0 Å². The molecule has 92 valence electrons. The molecule has 1 amide bonds. The van der Waals surface area contributed by atoms with E-state index >= 15 is 0 Å². The van der Waals surface area contributed by atoms with Gasteiger partial charge in [0.25, 0.3) is 0 Å². The Hall–Kier alpha value is -1.11. The molecule has 0 radical (unpaired) electrons. The Kier molecular flexibility index (Phi) is 6.71. The van der Waals surface area contributed by atoms with Gasteiger partial charge in [-0.25, -0.2) is 0 Å². The molecule has 0 aliphatic carbocycles. The van der Waals surface area contributed by atoms with Crippen molar-refractivity contribution in [3.63, 3.8) is 0 Å². The van der Waals surface area contributed by atoms with Crippen LogP contribution in [0.1, 0.15) is 12.8 Å².